The Kier molecular flexibility index (Phi) is 11.7. The van der Waals surface area contributed by atoms with Gasteiger partial charge in [0.05, 0.1) is 0 Å². The number of hydrogen-bond acceptors (Lipinski definition) is 0. The highest BCUT2D eigenvalue weighted by molar-refractivity contribution is 6.25. The van der Waals surface area contributed by atoms with Crippen LogP contribution in [-0.4, -0.2) is 0 Å². The molecule has 0 bridgehead atoms. The monoisotopic (exact) mass is 199 g/mol. The molecule has 0 fully saturated rings. The van der Waals surface area contributed by atoms with Gasteiger partial charge >= 0.3 is 0 Å². The number of unbranched alkanes of at least 4 members (excludes halogenated alkanes) is 7. The molecule has 0 aromatic heterocycles. The molecule has 1 radical (unpaired) electrons. The van der Waals surface area contributed by atoms with Gasteiger partial charge in [-0.1, -0.05) is 51.4 Å². The summed E-state index contributed by atoms with van der Waals surface area (Å²) >= 11 is 5.30. The molecule has 75 valence electrons. The van der Waals surface area contributed by atoms with Crippen molar-refractivity contribution in [2.75, 3.05) is 0 Å². The maximum Gasteiger partial charge on any atom is 0.122 e. The van der Waals surface area contributed by atoms with Crippen molar-refractivity contribution in [3.63, 3.8) is 0 Å². The molecule has 1 heteroatoms. The largest absolute Gasteiger partial charge is 0.122 e. The fourth-order valence-electron chi connectivity index (χ4n) is 1.28. The maximum atomic E-state index is 5.30. The van der Waals surface area contributed by atoms with Gasteiger partial charge in [-0.05, 0) is 6.42 Å². The van der Waals surface area contributed by atoms with Crippen LogP contribution in [0, 0.1) is 17.7 Å². The Bertz CT molecular complexity index is 141. The van der Waals surface area contributed by atoms with Crippen LogP contribution in [0.1, 0.15) is 58.3 Å². The minimum absolute atomic E-state index is 0.997. The summed E-state index contributed by atoms with van der Waals surface area (Å²) in [6.45, 7) is 2.25. The Morgan fingerprint density at radius 2 is 1.62 bits per heavy atom. The molecule has 0 rings (SSSR count). The molecular weight excluding hydrogens is 180 g/mol. The SMILES string of the molecule is CCCCCCCCCC#C[CH]Cl. The Morgan fingerprint density at radius 3 is 2.23 bits per heavy atom. The molecule has 0 nitrogen and oxygen atoms in total. The van der Waals surface area contributed by atoms with Crippen LogP contribution in [0.2, 0.25) is 0 Å². The molecule has 0 aliphatic heterocycles. The normalized spacial score (nSPS) is 9.38. The van der Waals surface area contributed by atoms with Gasteiger partial charge in [-0.3, -0.25) is 0 Å². The molecule has 0 saturated carbocycles. The van der Waals surface area contributed by atoms with Gasteiger partial charge in [0.1, 0.15) is 5.88 Å². The van der Waals surface area contributed by atoms with E-state index in [0.717, 1.165) is 6.42 Å². The van der Waals surface area contributed by atoms with Gasteiger partial charge in [0.25, 0.3) is 0 Å². The molecule has 0 amide bonds. The summed E-state index contributed by atoms with van der Waals surface area (Å²) in [6.07, 6.45) is 10.4. The topological polar surface area (TPSA) is 0 Å². The van der Waals surface area contributed by atoms with Gasteiger partial charge in [-0.25, -0.2) is 0 Å². The highest BCUT2D eigenvalue weighted by Gasteiger charge is 1.88. The lowest BCUT2D eigenvalue weighted by Crippen LogP contribution is -1.78. The van der Waals surface area contributed by atoms with Gasteiger partial charge < -0.3 is 0 Å². The third-order valence-corrected chi connectivity index (χ3v) is 2.17. The zero-order chi connectivity index (χ0) is 9.78. The minimum Gasteiger partial charge on any atom is -0.106 e. The molecule has 0 aromatic rings. The van der Waals surface area contributed by atoms with E-state index in [2.05, 4.69) is 18.8 Å². The van der Waals surface area contributed by atoms with Crippen molar-refractivity contribution in [3.05, 3.63) is 5.88 Å². The van der Waals surface area contributed by atoms with E-state index in [1.807, 2.05) is 0 Å². The fourth-order valence-corrected chi connectivity index (χ4v) is 1.36. The van der Waals surface area contributed by atoms with E-state index < -0.39 is 0 Å². The molecule has 0 N–H and O–H groups in total. The lowest BCUT2D eigenvalue weighted by molar-refractivity contribution is 0.594. The predicted octanol–water partition coefficient (Wildman–Crippen LogP) is 4.53. The number of halogens is 1. The number of rotatable bonds is 7. The second-order valence-electron chi connectivity index (χ2n) is 3.30. The average Bonchev–Trinajstić information content (AvgIpc) is 2.16. The molecule has 0 spiro atoms. The van der Waals surface area contributed by atoms with E-state index in [4.69, 9.17) is 11.6 Å². The lowest BCUT2D eigenvalue weighted by Gasteiger charge is -1.97. The van der Waals surface area contributed by atoms with E-state index in [1.54, 1.807) is 0 Å². The first-order valence-electron chi connectivity index (χ1n) is 5.32. The van der Waals surface area contributed by atoms with Crippen LogP contribution in [0.3, 0.4) is 0 Å². The van der Waals surface area contributed by atoms with Crippen LogP contribution in [0.15, 0.2) is 0 Å². The standard InChI is InChI=1S/C12H20Cl/c1-2-3-4-5-6-7-8-9-10-11-12-13/h12H,2-9H2,1H3. The summed E-state index contributed by atoms with van der Waals surface area (Å²) in [4.78, 5) is 0. The smallest absolute Gasteiger partial charge is 0.106 e. The van der Waals surface area contributed by atoms with Crippen molar-refractivity contribution in [1.29, 1.82) is 0 Å². The van der Waals surface area contributed by atoms with E-state index in [9.17, 15) is 0 Å². The minimum atomic E-state index is 0.997. The molecule has 0 aliphatic rings. The summed E-state index contributed by atoms with van der Waals surface area (Å²) in [5, 5.41) is 0. The Hall–Kier alpha value is -0.150. The van der Waals surface area contributed by atoms with Crippen molar-refractivity contribution in [3.8, 4) is 11.8 Å². The Balaban J connectivity index is 2.91. The molecule has 0 atom stereocenters. The summed E-state index contributed by atoms with van der Waals surface area (Å²) in [6, 6.07) is 0. The molecule has 0 unspecified atom stereocenters. The molecule has 0 aliphatic carbocycles. The predicted molar refractivity (Wildman–Crippen MR) is 60.5 cm³/mol. The van der Waals surface area contributed by atoms with Crippen molar-refractivity contribution >= 4 is 11.6 Å². The molecular formula is C12H20Cl. The second-order valence-corrected chi connectivity index (χ2v) is 3.52. The summed E-state index contributed by atoms with van der Waals surface area (Å²) in [7, 11) is 0. The lowest BCUT2D eigenvalue weighted by atomic mass is 10.1. The van der Waals surface area contributed by atoms with Gasteiger partial charge in [0, 0.05) is 6.42 Å². The van der Waals surface area contributed by atoms with Gasteiger partial charge in [0.2, 0.25) is 0 Å². The van der Waals surface area contributed by atoms with E-state index in [0.29, 0.717) is 0 Å². The highest BCUT2D eigenvalue weighted by Crippen LogP contribution is 2.07. The summed E-state index contributed by atoms with van der Waals surface area (Å²) in [5.41, 5.74) is 0. The van der Waals surface area contributed by atoms with E-state index in [1.165, 1.54) is 50.8 Å². The van der Waals surface area contributed by atoms with Gasteiger partial charge in [-0.2, -0.15) is 0 Å². The third kappa shape index (κ3) is 11.9. The quantitative estimate of drug-likeness (QED) is 0.418. The van der Waals surface area contributed by atoms with Crippen LogP contribution in [0.5, 0.6) is 0 Å². The van der Waals surface area contributed by atoms with Gasteiger partial charge in [-0.15, -0.1) is 17.5 Å². The second kappa shape index (κ2) is 11.8. The maximum absolute atomic E-state index is 5.30. The Morgan fingerprint density at radius 1 is 1.00 bits per heavy atom. The van der Waals surface area contributed by atoms with Crippen molar-refractivity contribution in [1.82, 2.24) is 0 Å². The fraction of sp³-hybridized carbons (Fsp3) is 0.750. The first-order chi connectivity index (χ1) is 6.41. The van der Waals surface area contributed by atoms with Crippen LogP contribution in [0.4, 0.5) is 0 Å². The molecule has 0 saturated heterocycles. The molecule has 0 heterocycles. The van der Waals surface area contributed by atoms with Gasteiger partial charge in [0.15, 0.2) is 0 Å². The molecule has 13 heavy (non-hydrogen) atoms. The zero-order valence-electron chi connectivity index (χ0n) is 8.61. The first-order valence-corrected chi connectivity index (χ1v) is 5.75. The molecule has 0 aromatic carbocycles. The number of hydrogen-bond donors (Lipinski definition) is 0. The van der Waals surface area contributed by atoms with E-state index >= 15 is 0 Å². The zero-order valence-corrected chi connectivity index (χ0v) is 9.37. The van der Waals surface area contributed by atoms with Crippen LogP contribution < -0.4 is 0 Å². The average molecular weight is 200 g/mol. The van der Waals surface area contributed by atoms with E-state index in [-0.39, 0.29) is 0 Å². The van der Waals surface area contributed by atoms with Crippen molar-refractivity contribution in [2.24, 2.45) is 0 Å². The summed E-state index contributed by atoms with van der Waals surface area (Å²) in [5.74, 6) is 7.14. The Labute approximate surface area is 88.1 Å². The summed E-state index contributed by atoms with van der Waals surface area (Å²) < 4.78 is 0. The van der Waals surface area contributed by atoms with Crippen LogP contribution >= 0.6 is 11.6 Å². The van der Waals surface area contributed by atoms with Crippen LogP contribution in [0.25, 0.3) is 0 Å². The van der Waals surface area contributed by atoms with Crippen LogP contribution in [-0.2, 0) is 0 Å². The first kappa shape index (κ1) is 12.8. The highest BCUT2D eigenvalue weighted by atomic mass is 35.5. The van der Waals surface area contributed by atoms with Crippen molar-refractivity contribution < 1.29 is 0 Å². The third-order valence-electron chi connectivity index (χ3n) is 2.06. The van der Waals surface area contributed by atoms with Crippen molar-refractivity contribution in [2.45, 2.75) is 58.3 Å².